The minimum Gasteiger partial charge on any atom is -0.326 e. The van der Waals surface area contributed by atoms with Gasteiger partial charge in [-0.05, 0) is 29.8 Å². The molecule has 0 saturated carbocycles. The van der Waals surface area contributed by atoms with Crippen molar-refractivity contribution in [2.24, 2.45) is 5.73 Å². The Balaban J connectivity index is 2.07. The molecule has 0 bridgehead atoms. The molecule has 0 aliphatic heterocycles. The van der Waals surface area contributed by atoms with E-state index in [-0.39, 0.29) is 18.9 Å². The summed E-state index contributed by atoms with van der Waals surface area (Å²) < 4.78 is 26.7. The molecule has 2 rings (SSSR count). The zero-order valence-corrected chi connectivity index (χ0v) is 10.7. The van der Waals surface area contributed by atoms with Crippen LogP contribution in [0.4, 0.5) is 14.5 Å². The van der Waals surface area contributed by atoms with Gasteiger partial charge in [0.1, 0.15) is 11.6 Å². The molecular formula is C15H14F2N2O. The van der Waals surface area contributed by atoms with Crippen molar-refractivity contribution in [2.45, 2.75) is 13.0 Å². The smallest absolute Gasteiger partial charge is 0.228 e. The van der Waals surface area contributed by atoms with Crippen molar-refractivity contribution in [1.29, 1.82) is 0 Å². The third kappa shape index (κ3) is 3.39. The van der Waals surface area contributed by atoms with Crippen LogP contribution in [0.5, 0.6) is 0 Å². The first kappa shape index (κ1) is 14.1. The van der Waals surface area contributed by atoms with Gasteiger partial charge in [0.05, 0.1) is 6.42 Å². The lowest BCUT2D eigenvalue weighted by Gasteiger charge is -2.08. The first-order valence-corrected chi connectivity index (χ1v) is 6.12. The Morgan fingerprint density at radius 1 is 1.05 bits per heavy atom. The number of benzene rings is 2. The van der Waals surface area contributed by atoms with Crippen molar-refractivity contribution in [3.8, 4) is 0 Å². The third-order valence-corrected chi connectivity index (χ3v) is 2.86. The molecule has 2 aromatic carbocycles. The molecule has 0 saturated heterocycles. The summed E-state index contributed by atoms with van der Waals surface area (Å²) in [6.45, 7) is 0.0445. The second-order valence-corrected chi connectivity index (χ2v) is 4.33. The van der Waals surface area contributed by atoms with E-state index in [0.717, 1.165) is 0 Å². The van der Waals surface area contributed by atoms with E-state index in [4.69, 9.17) is 5.73 Å². The van der Waals surface area contributed by atoms with E-state index < -0.39 is 11.6 Å². The fourth-order valence-corrected chi connectivity index (χ4v) is 1.83. The molecule has 0 fully saturated rings. The maximum atomic E-state index is 13.4. The van der Waals surface area contributed by atoms with Crippen molar-refractivity contribution < 1.29 is 13.6 Å². The minimum absolute atomic E-state index is 0.0445. The van der Waals surface area contributed by atoms with Crippen molar-refractivity contribution in [3.63, 3.8) is 0 Å². The standard InChI is InChI=1S/C15H14F2N2O/c16-13-4-2-1-3-10(13)8-15(20)19-12-5-6-14(17)11(7-12)9-18/h1-7H,8-9,18H2,(H,19,20). The molecule has 0 atom stereocenters. The van der Waals surface area contributed by atoms with Gasteiger partial charge in [0.2, 0.25) is 5.91 Å². The maximum absolute atomic E-state index is 13.4. The Labute approximate surface area is 115 Å². The van der Waals surface area contributed by atoms with Crippen LogP contribution < -0.4 is 11.1 Å². The Morgan fingerprint density at radius 3 is 2.45 bits per heavy atom. The van der Waals surface area contributed by atoms with Gasteiger partial charge in [-0.2, -0.15) is 0 Å². The van der Waals surface area contributed by atoms with E-state index in [1.54, 1.807) is 18.2 Å². The molecule has 1 amide bonds. The summed E-state index contributed by atoms with van der Waals surface area (Å²) in [6, 6.07) is 10.2. The summed E-state index contributed by atoms with van der Waals surface area (Å²) in [5, 5.41) is 2.59. The van der Waals surface area contributed by atoms with E-state index in [1.165, 1.54) is 24.3 Å². The highest BCUT2D eigenvalue weighted by Gasteiger charge is 2.09. The van der Waals surface area contributed by atoms with Gasteiger partial charge in [0, 0.05) is 17.8 Å². The average Bonchev–Trinajstić information content (AvgIpc) is 2.43. The first-order valence-electron chi connectivity index (χ1n) is 6.12. The van der Waals surface area contributed by atoms with Crippen molar-refractivity contribution in [1.82, 2.24) is 0 Å². The molecule has 2 aromatic rings. The quantitative estimate of drug-likeness (QED) is 0.902. The fourth-order valence-electron chi connectivity index (χ4n) is 1.83. The molecule has 0 aliphatic rings. The lowest BCUT2D eigenvalue weighted by atomic mass is 10.1. The van der Waals surface area contributed by atoms with Crippen LogP contribution in [0, 0.1) is 11.6 Å². The molecule has 0 aliphatic carbocycles. The van der Waals surface area contributed by atoms with Crippen molar-refractivity contribution in [2.75, 3.05) is 5.32 Å². The van der Waals surface area contributed by atoms with E-state index in [2.05, 4.69) is 5.32 Å². The first-order chi connectivity index (χ1) is 9.60. The Morgan fingerprint density at radius 2 is 1.75 bits per heavy atom. The number of amides is 1. The number of rotatable bonds is 4. The van der Waals surface area contributed by atoms with Crippen LogP contribution in [0.3, 0.4) is 0 Å². The van der Waals surface area contributed by atoms with Gasteiger partial charge in [0.15, 0.2) is 0 Å². The van der Waals surface area contributed by atoms with Gasteiger partial charge in [0.25, 0.3) is 0 Å². The molecule has 20 heavy (non-hydrogen) atoms. The van der Waals surface area contributed by atoms with Crippen LogP contribution in [0.2, 0.25) is 0 Å². The number of anilines is 1. The predicted molar refractivity (Wildman–Crippen MR) is 73.0 cm³/mol. The summed E-state index contributed by atoms with van der Waals surface area (Å²) in [6.07, 6.45) is -0.0813. The highest BCUT2D eigenvalue weighted by Crippen LogP contribution is 2.15. The molecule has 3 N–H and O–H groups in total. The zero-order valence-electron chi connectivity index (χ0n) is 10.7. The van der Waals surface area contributed by atoms with Crippen LogP contribution in [-0.2, 0) is 17.8 Å². The largest absolute Gasteiger partial charge is 0.326 e. The number of carbonyl (C=O) groups is 1. The van der Waals surface area contributed by atoms with Crippen LogP contribution in [0.1, 0.15) is 11.1 Å². The van der Waals surface area contributed by atoms with Gasteiger partial charge in [-0.1, -0.05) is 18.2 Å². The van der Waals surface area contributed by atoms with E-state index in [9.17, 15) is 13.6 Å². The Hall–Kier alpha value is -2.27. The molecule has 104 valence electrons. The minimum atomic E-state index is -0.426. The molecule has 0 unspecified atom stereocenters. The van der Waals surface area contributed by atoms with Gasteiger partial charge < -0.3 is 11.1 Å². The maximum Gasteiger partial charge on any atom is 0.228 e. The lowest BCUT2D eigenvalue weighted by Crippen LogP contribution is -2.15. The second kappa shape index (κ2) is 6.25. The molecule has 5 heteroatoms. The number of carbonyl (C=O) groups excluding carboxylic acids is 1. The van der Waals surface area contributed by atoms with Gasteiger partial charge in [-0.15, -0.1) is 0 Å². The second-order valence-electron chi connectivity index (χ2n) is 4.33. The van der Waals surface area contributed by atoms with Crippen molar-refractivity contribution in [3.05, 3.63) is 65.2 Å². The molecule has 0 aromatic heterocycles. The third-order valence-electron chi connectivity index (χ3n) is 2.86. The van der Waals surface area contributed by atoms with Crippen LogP contribution in [0.15, 0.2) is 42.5 Å². The van der Waals surface area contributed by atoms with E-state index in [0.29, 0.717) is 16.8 Å². The monoisotopic (exact) mass is 276 g/mol. The zero-order chi connectivity index (χ0) is 14.5. The molecule has 0 heterocycles. The van der Waals surface area contributed by atoms with Gasteiger partial charge in [-0.25, -0.2) is 8.78 Å². The number of halogens is 2. The number of hydrogen-bond donors (Lipinski definition) is 2. The van der Waals surface area contributed by atoms with Gasteiger partial charge >= 0.3 is 0 Å². The topological polar surface area (TPSA) is 55.1 Å². The summed E-state index contributed by atoms with van der Waals surface area (Å²) in [5.74, 6) is -1.21. The van der Waals surface area contributed by atoms with E-state index >= 15 is 0 Å². The highest BCUT2D eigenvalue weighted by molar-refractivity contribution is 5.92. The predicted octanol–water partition coefficient (Wildman–Crippen LogP) is 2.60. The lowest BCUT2D eigenvalue weighted by molar-refractivity contribution is -0.115. The van der Waals surface area contributed by atoms with Crippen molar-refractivity contribution >= 4 is 11.6 Å². The Bertz CT molecular complexity index is 629. The Kier molecular flexibility index (Phi) is 4.42. The summed E-state index contributed by atoms with van der Waals surface area (Å²) in [7, 11) is 0. The SMILES string of the molecule is NCc1cc(NC(=O)Cc2ccccc2F)ccc1F. The van der Waals surface area contributed by atoms with Crippen LogP contribution >= 0.6 is 0 Å². The normalized spacial score (nSPS) is 10.3. The average molecular weight is 276 g/mol. The summed E-state index contributed by atoms with van der Waals surface area (Å²) >= 11 is 0. The number of hydrogen-bond acceptors (Lipinski definition) is 2. The van der Waals surface area contributed by atoms with Gasteiger partial charge in [-0.3, -0.25) is 4.79 Å². The molecule has 0 radical (unpaired) electrons. The molecule has 3 nitrogen and oxygen atoms in total. The van der Waals surface area contributed by atoms with Crippen LogP contribution in [0.25, 0.3) is 0 Å². The van der Waals surface area contributed by atoms with E-state index in [1.807, 2.05) is 0 Å². The molecular weight excluding hydrogens is 262 g/mol. The highest BCUT2D eigenvalue weighted by atomic mass is 19.1. The molecule has 0 spiro atoms. The number of nitrogens with one attached hydrogen (secondary N) is 1. The fraction of sp³-hybridized carbons (Fsp3) is 0.133. The van der Waals surface area contributed by atoms with Crippen LogP contribution in [-0.4, -0.2) is 5.91 Å². The number of nitrogens with two attached hydrogens (primary N) is 1. The summed E-state index contributed by atoms with van der Waals surface area (Å²) in [4.78, 5) is 11.8. The summed E-state index contributed by atoms with van der Waals surface area (Å²) in [5.41, 5.74) is 6.45.